The van der Waals surface area contributed by atoms with Gasteiger partial charge >= 0.3 is 0 Å². The van der Waals surface area contributed by atoms with E-state index >= 15 is 0 Å². The normalized spacial score (nSPS) is 21.4. The molecule has 1 aromatic carbocycles. The van der Waals surface area contributed by atoms with Crippen molar-refractivity contribution >= 4 is 0 Å². The van der Waals surface area contributed by atoms with E-state index in [2.05, 4.69) is 24.8 Å². The number of nitriles is 1. The van der Waals surface area contributed by atoms with Gasteiger partial charge in [-0.3, -0.25) is 0 Å². The molecule has 1 aliphatic heterocycles. The lowest BCUT2D eigenvalue weighted by Gasteiger charge is -2.42. The summed E-state index contributed by atoms with van der Waals surface area (Å²) in [6.45, 7) is 7.32. The van der Waals surface area contributed by atoms with Crippen LogP contribution in [-0.4, -0.2) is 24.5 Å². The maximum Gasteiger partial charge on any atom is 0.142 e. The van der Waals surface area contributed by atoms with Gasteiger partial charge in [-0.15, -0.1) is 0 Å². The zero-order valence-electron chi connectivity index (χ0n) is 13.3. The molecule has 0 radical (unpaired) electrons. The molecule has 114 valence electrons. The molecule has 2 N–H and O–H groups in total. The van der Waals surface area contributed by atoms with E-state index in [0.29, 0.717) is 12.0 Å². The Morgan fingerprint density at radius 3 is 2.24 bits per heavy atom. The van der Waals surface area contributed by atoms with Gasteiger partial charge in [0.15, 0.2) is 0 Å². The van der Waals surface area contributed by atoms with Crippen molar-refractivity contribution in [3.8, 4) is 6.07 Å². The highest BCUT2D eigenvalue weighted by molar-refractivity contribution is 5.31. The molecular formula is C18H27N3. The predicted molar refractivity (Wildman–Crippen MR) is 86.6 cm³/mol. The molecule has 1 unspecified atom stereocenters. The summed E-state index contributed by atoms with van der Waals surface area (Å²) in [6, 6.07) is 12.1. The summed E-state index contributed by atoms with van der Waals surface area (Å²) in [7, 11) is 0. The number of hydrogen-bond donors (Lipinski definition) is 1. The van der Waals surface area contributed by atoms with Gasteiger partial charge in [0, 0.05) is 6.54 Å². The van der Waals surface area contributed by atoms with Crippen LogP contribution in [0.5, 0.6) is 0 Å². The van der Waals surface area contributed by atoms with Crippen LogP contribution in [0.1, 0.15) is 45.1 Å². The highest BCUT2D eigenvalue weighted by atomic mass is 15.2. The third-order valence-electron chi connectivity index (χ3n) is 5.38. The van der Waals surface area contributed by atoms with Crippen LogP contribution in [0, 0.1) is 16.7 Å². The first kappa shape index (κ1) is 16.0. The molecule has 3 nitrogen and oxygen atoms in total. The second-order valence-electron chi connectivity index (χ2n) is 6.43. The number of likely N-dealkylation sites (tertiary alicyclic amines) is 1. The Morgan fingerprint density at radius 1 is 1.19 bits per heavy atom. The molecular weight excluding hydrogens is 258 g/mol. The molecule has 0 bridgehead atoms. The Labute approximate surface area is 128 Å². The highest BCUT2D eigenvalue weighted by Crippen LogP contribution is 2.38. The van der Waals surface area contributed by atoms with Gasteiger partial charge in [-0.05, 0) is 36.9 Å². The lowest BCUT2D eigenvalue weighted by atomic mass is 9.74. The van der Waals surface area contributed by atoms with Crippen molar-refractivity contribution in [1.82, 2.24) is 4.90 Å². The Bertz CT molecular complexity index is 477. The minimum absolute atomic E-state index is 0.507. The van der Waals surface area contributed by atoms with Gasteiger partial charge in [-0.1, -0.05) is 57.0 Å². The molecule has 0 aromatic heterocycles. The van der Waals surface area contributed by atoms with Crippen LogP contribution < -0.4 is 5.73 Å². The zero-order valence-corrected chi connectivity index (χ0v) is 13.3. The van der Waals surface area contributed by atoms with E-state index in [4.69, 9.17) is 5.73 Å². The third-order valence-corrected chi connectivity index (χ3v) is 5.38. The lowest BCUT2D eigenvalue weighted by molar-refractivity contribution is 0.0853. The van der Waals surface area contributed by atoms with Crippen molar-refractivity contribution in [2.45, 2.75) is 45.1 Å². The van der Waals surface area contributed by atoms with E-state index in [9.17, 15) is 5.26 Å². The van der Waals surface area contributed by atoms with E-state index in [0.717, 1.165) is 18.7 Å². The van der Waals surface area contributed by atoms with Crippen molar-refractivity contribution in [3.63, 3.8) is 0 Å². The smallest absolute Gasteiger partial charge is 0.142 e. The van der Waals surface area contributed by atoms with E-state index in [1.807, 2.05) is 30.3 Å². The molecule has 0 aliphatic carbocycles. The fourth-order valence-electron chi connectivity index (χ4n) is 3.42. The van der Waals surface area contributed by atoms with Crippen LogP contribution in [-0.2, 0) is 5.54 Å². The highest BCUT2D eigenvalue weighted by Gasteiger charge is 2.35. The Balaban J connectivity index is 2.03. The minimum atomic E-state index is -0.903. The average Bonchev–Trinajstić information content (AvgIpc) is 2.56. The van der Waals surface area contributed by atoms with Crippen LogP contribution in [0.4, 0.5) is 0 Å². The number of rotatable bonds is 5. The third kappa shape index (κ3) is 3.45. The second-order valence-corrected chi connectivity index (χ2v) is 6.43. The molecule has 1 saturated heterocycles. The summed E-state index contributed by atoms with van der Waals surface area (Å²) < 4.78 is 0. The first-order valence-electron chi connectivity index (χ1n) is 8.05. The molecule has 1 fully saturated rings. The Hall–Kier alpha value is -1.37. The first-order chi connectivity index (χ1) is 10.1. The maximum atomic E-state index is 9.56. The molecule has 0 spiro atoms. The van der Waals surface area contributed by atoms with Gasteiger partial charge in [0.2, 0.25) is 0 Å². The molecule has 2 rings (SSSR count). The van der Waals surface area contributed by atoms with Gasteiger partial charge in [0.1, 0.15) is 5.54 Å². The van der Waals surface area contributed by atoms with Crippen molar-refractivity contribution in [2.75, 3.05) is 19.6 Å². The summed E-state index contributed by atoms with van der Waals surface area (Å²) in [5.74, 6) is 0. The van der Waals surface area contributed by atoms with Crippen molar-refractivity contribution in [1.29, 1.82) is 5.26 Å². The number of nitrogens with two attached hydrogens (primary N) is 1. The topological polar surface area (TPSA) is 53.0 Å². The monoisotopic (exact) mass is 285 g/mol. The molecule has 1 heterocycles. The van der Waals surface area contributed by atoms with Gasteiger partial charge in [-0.25, -0.2) is 0 Å². The number of hydrogen-bond acceptors (Lipinski definition) is 3. The Morgan fingerprint density at radius 2 is 1.76 bits per heavy atom. The van der Waals surface area contributed by atoms with Gasteiger partial charge in [0.25, 0.3) is 0 Å². The maximum absolute atomic E-state index is 9.56. The van der Waals surface area contributed by atoms with Crippen LogP contribution >= 0.6 is 0 Å². The predicted octanol–water partition coefficient (Wildman–Crippen LogP) is 3.27. The fourth-order valence-corrected chi connectivity index (χ4v) is 3.42. The fraction of sp³-hybridized carbons (Fsp3) is 0.611. The zero-order chi connectivity index (χ0) is 15.3. The molecule has 1 aliphatic rings. The first-order valence-corrected chi connectivity index (χ1v) is 8.05. The van der Waals surface area contributed by atoms with Crippen molar-refractivity contribution in [3.05, 3.63) is 35.9 Å². The molecule has 1 atom stereocenters. The molecule has 0 saturated carbocycles. The number of benzene rings is 1. The minimum Gasteiger partial charge on any atom is -0.309 e. The molecule has 0 amide bonds. The van der Waals surface area contributed by atoms with Crippen molar-refractivity contribution < 1.29 is 0 Å². The number of piperidine rings is 1. The summed E-state index contributed by atoms with van der Waals surface area (Å²) in [6.07, 6.45) is 4.94. The quantitative estimate of drug-likeness (QED) is 0.903. The van der Waals surface area contributed by atoms with Crippen LogP contribution in [0.3, 0.4) is 0 Å². The van der Waals surface area contributed by atoms with Crippen molar-refractivity contribution in [2.24, 2.45) is 11.1 Å². The standard InChI is InChI=1S/C18H27N3/c1-3-17(4-2)10-12-21(13-11-17)15-18(20,14-19)16-8-6-5-7-9-16/h5-9H,3-4,10-13,15,20H2,1-2H3. The van der Waals surface area contributed by atoms with Crippen LogP contribution in [0.25, 0.3) is 0 Å². The van der Waals surface area contributed by atoms with E-state index in [1.54, 1.807) is 0 Å². The van der Waals surface area contributed by atoms with E-state index < -0.39 is 5.54 Å². The average molecular weight is 285 g/mol. The summed E-state index contributed by atoms with van der Waals surface area (Å²) in [5, 5.41) is 9.56. The number of nitrogens with zero attached hydrogens (tertiary/aromatic N) is 2. The van der Waals surface area contributed by atoms with Crippen LogP contribution in [0.15, 0.2) is 30.3 Å². The second kappa shape index (κ2) is 6.60. The molecule has 21 heavy (non-hydrogen) atoms. The van der Waals surface area contributed by atoms with Crippen LogP contribution in [0.2, 0.25) is 0 Å². The molecule has 3 heteroatoms. The summed E-state index contributed by atoms with van der Waals surface area (Å²) in [4.78, 5) is 2.36. The summed E-state index contributed by atoms with van der Waals surface area (Å²) >= 11 is 0. The van der Waals surface area contributed by atoms with E-state index in [1.165, 1.54) is 25.7 Å². The molecule has 1 aromatic rings. The Kier molecular flexibility index (Phi) is 5.03. The SMILES string of the molecule is CCC1(CC)CCN(CC(N)(C#N)c2ccccc2)CC1. The summed E-state index contributed by atoms with van der Waals surface area (Å²) in [5.41, 5.74) is 6.90. The van der Waals surface area contributed by atoms with Gasteiger partial charge in [0.05, 0.1) is 6.07 Å². The van der Waals surface area contributed by atoms with Gasteiger partial charge < -0.3 is 10.6 Å². The van der Waals surface area contributed by atoms with Gasteiger partial charge in [-0.2, -0.15) is 5.26 Å². The van der Waals surface area contributed by atoms with E-state index in [-0.39, 0.29) is 0 Å². The lowest BCUT2D eigenvalue weighted by Crippen LogP contribution is -2.50. The largest absolute Gasteiger partial charge is 0.309 e.